The van der Waals surface area contributed by atoms with Gasteiger partial charge >= 0.3 is 5.97 Å². The summed E-state index contributed by atoms with van der Waals surface area (Å²) in [5, 5.41) is 14.7. The lowest BCUT2D eigenvalue weighted by molar-refractivity contribution is -0.139. The van der Waals surface area contributed by atoms with E-state index < -0.39 is 17.9 Å². The van der Waals surface area contributed by atoms with Gasteiger partial charge in [0.05, 0.1) is 10.7 Å². The molecule has 1 heterocycles. The molecule has 0 aliphatic carbocycles. The number of carboxylic acid groups (broad SMARTS) is 1. The fourth-order valence-electron chi connectivity index (χ4n) is 2.27. The highest BCUT2D eigenvalue weighted by Crippen LogP contribution is 2.16. The van der Waals surface area contributed by atoms with Gasteiger partial charge in [0.1, 0.15) is 18.4 Å². The van der Waals surface area contributed by atoms with Gasteiger partial charge < -0.3 is 15.2 Å². The quantitative estimate of drug-likeness (QED) is 0.714. The molecule has 2 aromatic rings. The first-order chi connectivity index (χ1) is 12.0. The summed E-state index contributed by atoms with van der Waals surface area (Å²) in [4.78, 5) is 27.9. The number of rotatable bonds is 9. The number of aliphatic carboxylic acids is 1. The number of hydrogen-bond acceptors (Lipinski definition) is 5. The molecule has 2 rings (SSSR count). The highest BCUT2D eigenvalue weighted by Gasteiger charge is 2.20. The van der Waals surface area contributed by atoms with Gasteiger partial charge in [-0.05, 0) is 31.5 Å². The van der Waals surface area contributed by atoms with Gasteiger partial charge in [0.15, 0.2) is 0 Å². The van der Waals surface area contributed by atoms with Crippen LogP contribution in [-0.2, 0) is 11.4 Å². The molecule has 6 nitrogen and oxygen atoms in total. The van der Waals surface area contributed by atoms with E-state index in [0.29, 0.717) is 24.3 Å². The normalized spacial score (nSPS) is 11.8. The maximum absolute atomic E-state index is 12.3. The van der Waals surface area contributed by atoms with Gasteiger partial charge in [-0.1, -0.05) is 25.8 Å². The van der Waals surface area contributed by atoms with Gasteiger partial charge in [-0.3, -0.25) is 4.79 Å². The van der Waals surface area contributed by atoms with Crippen molar-refractivity contribution in [3.05, 3.63) is 45.9 Å². The first kappa shape index (κ1) is 18.9. The molecular formula is C18H22N2O4S. The molecule has 0 saturated carbocycles. The number of aryl methyl sites for hydroxylation is 1. The van der Waals surface area contributed by atoms with Gasteiger partial charge in [0.2, 0.25) is 0 Å². The van der Waals surface area contributed by atoms with E-state index in [1.165, 1.54) is 0 Å². The van der Waals surface area contributed by atoms with Crippen LogP contribution in [0.1, 0.15) is 47.2 Å². The van der Waals surface area contributed by atoms with Crippen LogP contribution in [0.15, 0.2) is 29.6 Å². The van der Waals surface area contributed by atoms with E-state index in [1.807, 2.05) is 19.2 Å². The SMILES string of the molecule is CCCCC(NC(=O)c1cccc(OCc2csc(C)n2)c1)C(=O)O. The average molecular weight is 362 g/mol. The second-order valence-corrected chi connectivity index (χ2v) is 6.74. The van der Waals surface area contributed by atoms with E-state index >= 15 is 0 Å². The van der Waals surface area contributed by atoms with Gasteiger partial charge in [0, 0.05) is 10.9 Å². The number of nitrogens with zero attached hydrogens (tertiary/aromatic N) is 1. The molecule has 1 atom stereocenters. The van der Waals surface area contributed by atoms with E-state index in [1.54, 1.807) is 35.6 Å². The summed E-state index contributed by atoms with van der Waals surface area (Å²) in [5.41, 5.74) is 1.21. The van der Waals surface area contributed by atoms with Gasteiger partial charge in [-0.15, -0.1) is 11.3 Å². The fourth-order valence-corrected chi connectivity index (χ4v) is 2.86. The Kier molecular flexibility index (Phi) is 6.94. The number of amides is 1. The van der Waals surface area contributed by atoms with Gasteiger partial charge in [0.25, 0.3) is 5.91 Å². The maximum atomic E-state index is 12.3. The molecule has 0 radical (unpaired) electrons. The molecule has 1 unspecified atom stereocenters. The van der Waals surface area contributed by atoms with Crippen molar-refractivity contribution in [1.29, 1.82) is 0 Å². The van der Waals surface area contributed by atoms with Crippen LogP contribution in [-0.4, -0.2) is 28.0 Å². The molecule has 134 valence electrons. The predicted octanol–water partition coefficient (Wildman–Crippen LogP) is 3.40. The van der Waals surface area contributed by atoms with Crippen molar-refractivity contribution >= 4 is 23.2 Å². The zero-order chi connectivity index (χ0) is 18.2. The number of thiazole rings is 1. The van der Waals surface area contributed by atoms with Crippen LogP contribution in [0.25, 0.3) is 0 Å². The minimum absolute atomic E-state index is 0.323. The van der Waals surface area contributed by atoms with Crippen LogP contribution >= 0.6 is 11.3 Å². The largest absolute Gasteiger partial charge is 0.487 e. The van der Waals surface area contributed by atoms with E-state index in [9.17, 15) is 14.7 Å². The molecule has 1 aromatic carbocycles. The number of benzene rings is 1. The molecule has 1 aromatic heterocycles. The van der Waals surface area contributed by atoms with Crippen LogP contribution in [0, 0.1) is 6.92 Å². The Morgan fingerprint density at radius 2 is 2.20 bits per heavy atom. The number of aromatic nitrogens is 1. The number of carboxylic acids is 1. The zero-order valence-corrected chi connectivity index (χ0v) is 15.1. The highest BCUT2D eigenvalue weighted by molar-refractivity contribution is 7.09. The predicted molar refractivity (Wildman–Crippen MR) is 96.0 cm³/mol. The first-order valence-electron chi connectivity index (χ1n) is 8.17. The molecule has 0 fully saturated rings. The van der Waals surface area contributed by atoms with Crippen LogP contribution in [0.5, 0.6) is 5.75 Å². The summed E-state index contributed by atoms with van der Waals surface area (Å²) in [6.07, 6.45) is 2.03. The average Bonchev–Trinajstić information content (AvgIpc) is 3.02. The number of ether oxygens (including phenoxy) is 1. The number of nitrogens with one attached hydrogen (secondary N) is 1. The molecule has 7 heteroatoms. The minimum Gasteiger partial charge on any atom is -0.487 e. The lowest BCUT2D eigenvalue weighted by Gasteiger charge is -2.14. The summed E-state index contributed by atoms with van der Waals surface area (Å²) in [6.45, 7) is 4.23. The molecule has 25 heavy (non-hydrogen) atoms. The second kappa shape index (κ2) is 9.17. The lowest BCUT2D eigenvalue weighted by Crippen LogP contribution is -2.40. The topological polar surface area (TPSA) is 88.5 Å². The molecule has 0 aliphatic heterocycles. The summed E-state index contributed by atoms with van der Waals surface area (Å²) >= 11 is 1.55. The van der Waals surface area contributed by atoms with Crippen LogP contribution in [0.2, 0.25) is 0 Å². The van der Waals surface area contributed by atoms with Crippen molar-refractivity contribution in [2.75, 3.05) is 0 Å². The molecule has 1 amide bonds. The Balaban J connectivity index is 1.98. The van der Waals surface area contributed by atoms with Crippen molar-refractivity contribution < 1.29 is 19.4 Å². The molecule has 2 N–H and O–H groups in total. The summed E-state index contributed by atoms with van der Waals surface area (Å²) in [5.74, 6) is -0.898. The van der Waals surface area contributed by atoms with E-state index in [4.69, 9.17) is 4.74 Å². The minimum atomic E-state index is -1.02. The molecule has 0 saturated heterocycles. The fraction of sp³-hybridized carbons (Fsp3) is 0.389. The van der Waals surface area contributed by atoms with E-state index in [-0.39, 0.29) is 0 Å². The third kappa shape index (κ3) is 5.86. The Morgan fingerprint density at radius 1 is 1.40 bits per heavy atom. The molecule has 0 bridgehead atoms. The maximum Gasteiger partial charge on any atom is 0.326 e. The van der Waals surface area contributed by atoms with Crippen molar-refractivity contribution in [3.8, 4) is 5.75 Å². The third-order valence-corrected chi connectivity index (χ3v) is 4.42. The number of carbonyl (C=O) groups excluding carboxylic acids is 1. The van der Waals surface area contributed by atoms with Crippen molar-refractivity contribution in [2.45, 2.75) is 45.8 Å². The van der Waals surface area contributed by atoms with Crippen molar-refractivity contribution in [1.82, 2.24) is 10.3 Å². The smallest absolute Gasteiger partial charge is 0.326 e. The summed E-state index contributed by atoms with van der Waals surface area (Å²) in [7, 11) is 0. The molecule has 0 aliphatic rings. The number of unbranched alkanes of at least 4 members (excludes halogenated alkanes) is 1. The van der Waals surface area contributed by atoms with Crippen LogP contribution in [0.3, 0.4) is 0 Å². The monoisotopic (exact) mass is 362 g/mol. The molecule has 0 spiro atoms. The lowest BCUT2D eigenvalue weighted by atomic mass is 10.1. The van der Waals surface area contributed by atoms with Crippen LogP contribution < -0.4 is 10.1 Å². The Labute approximate surface area is 150 Å². The van der Waals surface area contributed by atoms with Gasteiger partial charge in [-0.25, -0.2) is 9.78 Å². The number of hydrogen-bond donors (Lipinski definition) is 2. The highest BCUT2D eigenvalue weighted by atomic mass is 32.1. The van der Waals surface area contributed by atoms with E-state index in [2.05, 4.69) is 10.3 Å². The Bertz CT molecular complexity index is 729. The second-order valence-electron chi connectivity index (χ2n) is 5.68. The third-order valence-electron chi connectivity index (χ3n) is 3.60. The van der Waals surface area contributed by atoms with E-state index in [0.717, 1.165) is 23.5 Å². The zero-order valence-electron chi connectivity index (χ0n) is 14.3. The summed E-state index contributed by atoms with van der Waals surface area (Å²) in [6, 6.07) is 5.82. The Hall–Kier alpha value is -2.41. The van der Waals surface area contributed by atoms with Gasteiger partial charge in [-0.2, -0.15) is 0 Å². The van der Waals surface area contributed by atoms with Crippen LogP contribution in [0.4, 0.5) is 0 Å². The first-order valence-corrected chi connectivity index (χ1v) is 9.05. The summed E-state index contributed by atoms with van der Waals surface area (Å²) < 4.78 is 5.66. The standard InChI is InChI=1S/C18H22N2O4S/c1-3-4-8-16(18(22)23)20-17(21)13-6-5-7-15(9-13)24-10-14-11-25-12(2)19-14/h5-7,9,11,16H,3-4,8,10H2,1-2H3,(H,20,21)(H,22,23). The Morgan fingerprint density at radius 3 is 2.84 bits per heavy atom. The number of carbonyl (C=O) groups is 2. The van der Waals surface area contributed by atoms with Crippen molar-refractivity contribution in [3.63, 3.8) is 0 Å². The molecular weight excluding hydrogens is 340 g/mol. The van der Waals surface area contributed by atoms with Crippen molar-refractivity contribution in [2.24, 2.45) is 0 Å².